The van der Waals surface area contributed by atoms with Crippen LogP contribution in [0.25, 0.3) is 0 Å². The summed E-state index contributed by atoms with van der Waals surface area (Å²) in [6.07, 6.45) is 0.980. The predicted octanol–water partition coefficient (Wildman–Crippen LogP) is 3.02. The van der Waals surface area contributed by atoms with E-state index in [4.69, 9.17) is 33.9 Å². The molecule has 2 aromatic rings. The van der Waals surface area contributed by atoms with Gasteiger partial charge in [0, 0.05) is 23.0 Å². The van der Waals surface area contributed by atoms with E-state index in [1.54, 1.807) is 11.3 Å². The van der Waals surface area contributed by atoms with E-state index in [0.29, 0.717) is 5.02 Å². The van der Waals surface area contributed by atoms with Gasteiger partial charge >= 0.3 is 16.4 Å². The number of halogens is 1. The Balaban J connectivity index is 0.000000431. The Hall–Kier alpha value is -1.49. The number of hydrogen-bond acceptors (Lipinski definition) is 6. The second kappa shape index (κ2) is 8.94. The van der Waals surface area contributed by atoms with Gasteiger partial charge in [0.25, 0.3) is 0 Å². The van der Waals surface area contributed by atoms with E-state index in [1.807, 2.05) is 24.3 Å². The Kier molecular flexibility index (Phi) is 7.16. The number of nitrogens with zero attached hydrogens (tertiary/aromatic N) is 1. The minimum atomic E-state index is -4.67. The topological polar surface area (TPSA) is 104 Å². The van der Waals surface area contributed by atoms with E-state index in [2.05, 4.69) is 16.3 Å². The van der Waals surface area contributed by atoms with Gasteiger partial charge in [0.2, 0.25) is 0 Å². The Morgan fingerprint density at radius 3 is 2.46 bits per heavy atom. The lowest BCUT2D eigenvalue weighted by atomic mass is 10.0. The summed E-state index contributed by atoms with van der Waals surface area (Å²) in [5, 5.41) is 2.78. The summed E-state index contributed by atoms with van der Waals surface area (Å²) in [6.45, 7) is 1.64. The zero-order valence-corrected chi connectivity index (χ0v) is 16.2. The third-order valence-corrected chi connectivity index (χ3v) is 5.09. The van der Waals surface area contributed by atoms with Crippen LogP contribution < -0.4 is 0 Å². The van der Waals surface area contributed by atoms with Crippen LogP contribution in [-0.2, 0) is 32.9 Å². The van der Waals surface area contributed by atoms with Crippen molar-refractivity contribution < 1.29 is 27.1 Å². The van der Waals surface area contributed by atoms with Crippen molar-refractivity contribution in [1.82, 2.24) is 4.90 Å². The first-order chi connectivity index (χ1) is 12.2. The van der Waals surface area contributed by atoms with Crippen molar-refractivity contribution in [2.45, 2.75) is 19.0 Å². The lowest BCUT2D eigenvalue weighted by molar-refractivity contribution is -0.147. The van der Waals surface area contributed by atoms with Gasteiger partial charge in [-0.15, -0.1) is 11.3 Å². The highest BCUT2D eigenvalue weighted by molar-refractivity contribution is 7.79. The third-order valence-electron chi connectivity index (χ3n) is 3.81. The average Bonchev–Trinajstić information content (AvgIpc) is 3.03. The molecule has 1 aliphatic rings. The Bertz CT molecular complexity index is 842. The Labute approximate surface area is 160 Å². The van der Waals surface area contributed by atoms with E-state index < -0.39 is 10.4 Å². The van der Waals surface area contributed by atoms with Gasteiger partial charge in [-0.2, -0.15) is 8.42 Å². The second-order valence-electron chi connectivity index (χ2n) is 5.51. The smallest absolute Gasteiger partial charge is 0.394 e. The van der Waals surface area contributed by atoms with Gasteiger partial charge in [0.1, 0.15) is 6.04 Å². The largest absolute Gasteiger partial charge is 0.468 e. The molecule has 0 bridgehead atoms. The van der Waals surface area contributed by atoms with Crippen LogP contribution in [0.1, 0.15) is 22.0 Å². The minimum Gasteiger partial charge on any atom is -0.468 e. The van der Waals surface area contributed by atoms with Crippen LogP contribution >= 0.6 is 22.9 Å². The number of thiophene rings is 1. The maximum absolute atomic E-state index is 12.3. The highest BCUT2D eigenvalue weighted by Crippen LogP contribution is 2.31. The molecule has 1 aromatic heterocycles. The number of hydrogen-bond donors (Lipinski definition) is 2. The van der Waals surface area contributed by atoms with E-state index in [9.17, 15) is 4.79 Å². The van der Waals surface area contributed by atoms with Gasteiger partial charge in [-0.3, -0.25) is 14.0 Å². The van der Waals surface area contributed by atoms with Crippen molar-refractivity contribution in [2.75, 3.05) is 13.7 Å². The number of benzene rings is 1. The van der Waals surface area contributed by atoms with Gasteiger partial charge < -0.3 is 4.74 Å². The fraction of sp³-hybridized carbons (Fsp3) is 0.312. The predicted molar refractivity (Wildman–Crippen MR) is 98.8 cm³/mol. The SMILES string of the molecule is COC(=O)C(c1ccc(Cl)cc1)N1CCc2sccc2C1.O=S(=O)(O)O. The summed E-state index contributed by atoms with van der Waals surface area (Å²) in [5.41, 5.74) is 2.24. The van der Waals surface area contributed by atoms with Crippen LogP contribution in [0.4, 0.5) is 0 Å². The van der Waals surface area contributed by atoms with Crippen molar-refractivity contribution in [3.63, 3.8) is 0 Å². The average molecular weight is 420 g/mol. The molecule has 1 atom stereocenters. The maximum atomic E-state index is 12.3. The highest BCUT2D eigenvalue weighted by Gasteiger charge is 2.31. The molecule has 0 radical (unpaired) electrons. The van der Waals surface area contributed by atoms with Crippen LogP contribution in [0, 0.1) is 0 Å². The quantitative estimate of drug-likeness (QED) is 0.582. The zero-order valence-electron chi connectivity index (χ0n) is 13.8. The lowest BCUT2D eigenvalue weighted by Crippen LogP contribution is -2.38. The molecule has 0 fully saturated rings. The zero-order chi connectivity index (χ0) is 19.3. The van der Waals surface area contributed by atoms with E-state index in [-0.39, 0.29) is 12.0 Å². The number of fused-ring (bicyclic) bond motifs is 1. The van der Waals surface area contributed by atoms with Gasteiger partial charge in [-0.05, 0) is 41.1 Å². The number of rotatable bonds is 3. The molecule has 26 heavy (non-hydrogen) atoms. The fourth-order valence-electron chi connectivity index (χ4n) is 2.74. The summed E-state index contributed by atoms with van der Waals surface area (Å²) >= 11 is 7.73. The molecule has 0 saturated heterocycles. The van der Waals surface area contributed by atoms with E-state index >= 15 is 0 Å². The van der Waals surface area contributed by atoms with Gasteiger partial charge in [-0.25, -0.2) is 4.79 Å². The minimum absolute atomic E-state index is 0.226. The van der Waals surface area contributed by atoms with Crippen molar-refractivity contribution >= 4 is 39.3 Å². The number of carbonyl (C=O) groups excluding carboxylic acids is 1. The lowest BCUT2D eigenvalue weighted by Gasteiger charge is -2.33. The van der Waals surface area contributed by atoms with Gasteiger partial charge in [0.05, 0.1) is 7.11 Å². The van der Waals surface area contributed by atoms with Gasteiger partial charge in [0.15, 0.2) is 0 Å². The molecule has 1 aromatic carbocycles. The maximum Gasteiger partial charge on any atom is 0.394 e. The number of methoxy groups -OCH3 is 1. The van der Waals surface area contributed by atoms with Crippen molar-refractivity contribution in [3.05, 3.63) is 56.7 Å². The monoisotopic (exact) mass is 419 g/mol. The van der Waals surface area contributed by atoms with Crippen LogP contribution in [0.2, 0.25) is 5.02 Å². The number of ether oxygens (including phenoxy) is 1. The number of carbonyl (C=O) groups is 1. The fourth-order valence-corrected chi connectivity index (χ4v) is 3.76. The molecular formula is C16H18ClNO6S2. The first kappa shape index (κ1) is 20.8. The normalized spacial score (nSPS) is 15.4. The molecule has 142 valence electrons. The molecule has 0 amide bonds. The molecule has 1 aliphatic heterocycles. The third kappa shape index (κ3) is 6.04. The van der Waals surface area contributed by atoms with Crippen molar-refractivity contribution in [1.29, 1.82) is 0 Å². The molecular weight excluding hydrogens is 402 g/mol. The summed E-state index contributed by atoms with van der Waals surface area (Å²) in [4.78, 5) is 15.8. The van der Waals surface area contributed by atoms with Crippen LogP contribution in [0.15, 0.2) is 35.7 Å². The first-order valence-corrected chi connectivity index (χ1v) is 10.2. The van der Waals surface area contributed by atoms with Crippen molar-refractivity contribution in [3.8, 4) is 0 Å². The first-order valence-electron chi connectivity index (χ1n) is 7.51. The molecule has 0 aliphatic carbocycles. The molecule has 3 rings (SSSR count). The summed E-state index contributed by atoms with van der Waals surface area (Å²) in [7, 11) is -3.23. The molecule has 7 nitrogen and oxygen atoms in total. The molecule has 0 saturated carbocycles. The summed E-state index contributed by atoms with van der Waals surface area (Å²) < 4.78 is 36.6. The second-order valence-corrected chi connectivity index (χ2v) is 7.85. The standard InChI is InChI=1S/C16H16ClNO2S.H2O4S/c1-20-16(19)15(11-2-4-13(17)5-3-11)18-8-6-14-12(10-18)7-9-21-14;1-5(2,3)4/h2-5,7,9,15H,6,8,10H2,1H3;(H2,1,2,3,4). The number of esters is 1. The molecule has 1 unspecified atom stereocenters. The summed E-state index contributed by atoms with van der Waals surface area (Å²) in [6, 6.07) is 9.18. The molecule has 2 N–H and O–H groups in total. The molecule has 10 heteroatoms. The molecule has 0 spiro atoms. The van der Waals surface area contributed by atoms with E-state index in [0.717, 1.165) is 25.1 Å². The van der Waals surface area contributed by atoms with Crippen molar-refractivity contribution in [2.24, 2.45) is 0 Å². The summed E-state index contributed by atoms with van der Waals surface area (Å²) in [5.74, 6) is -0.226. The Morgan fingerprint density at radius 2 is 1.88 bits per heavy atom. The highest BCUT2D eigenvalue weighted by atomic mass is 35.5. The molecule has 2 heterocycles. The Morgan fingerprint density at radius 1 is 1.27 bits per heavy atom. The van der Waals surface area contributed by atoms with Gasteiger partial charge in [-0.1, -0.05) is 23.7 Å². The van der Waals surface area contributed by atoms with Crippen LogP contribution in [0.3, 0.4) is 0 Å². The van der Waals surface area contributed by atoms with E-state index in [1.165, 1.54) is 17.6 Å². The van der Waals surface area contributed by atoms with Crippen LogP contribution in [0.5, 0.6) is 0 Å². The van der Waals surface area contributed by atoms with Crippen LogP contribution in [-0.4, -0.2) is 42.0 Å².